The van der Waals surface area contributed by atoms with Crippen LogP contribution in [-0.4, -0.2) is 56.8 Å². The molecule has 1 aliphatic heterocycles. The highest BCUT2D eigenvalue weighted by Crippen LogP contribution is 2.61. The number of carbonyl (C=O) groups is 4. The van der Waals surface area contributed by atoms with E-state index in [1.54, 1.807) is 27.7 Å². The van der Waals surface area contributed by atoms with Crippen molar-refractivity contribution >= 4 is 33.8 Å². The first-order valence-electron chi connectivity index (χ1n) is 15.5. The van der Waals surface area contributed by atoms with Gasteiger partial charge in [0.1, 0.15) is 5.60 Å². The van der Waals surface area contributed by atoms with Crippen LogP contribution in [0.1, 0.15) is 106 Å². The van der Waals surface area contributed by atoms with Crippen molar-refractivity contribution < 1.29 is 41.8 Å². The first-order chi connectivity index (χ1) is 19.4. The predicted octanol–water partition coefficient (Wildman–Crippen LogP) is 4.30. The molecular weight excluding hydrogens is 562 g/mol. The molecule has 4 aliphatic carbocycles. The monoisotopic (exact) mass is 611 g/mol. The molecule has 0 radical (unpaired) electrons. The van der Waals surface area contributed by atoms with Crippen LogP contribution in [0.3, 0.4) is 0 Å². The fraction of sp³-hybridized carbons (Fsp3) is 0.871. The molecule has 5 fully saturated rings. The van der Waals surface area contributed by atoms with Crippen molar-refractivity contribution in [1.29, 1.82) is 0 Å². The molecule has 0 aromatic heterocycles. The maximum atomic E-state index is 14.2. The summed E-state index contributed by atoms with van der Waals surface area (Å²) in [6.07, 6.45) is 6.64. The first kappa shape index (κ1) is 32.7. The van der Waals surface area contributed by atoms with Gasteiger partial charge in [-0.25, -0.2) is 13.2 Å². The highest BCUT2D eigenvalue weighted by atomic mass is 32.2. The molecule has 0 spiro atoms. The zero-order chi connectivity index (χ0) is 31.3. The van der Waals surface area contributed by atoms with Gasteiger partial charge in [-0.05, 0) is 95.3 Å². The lowest BCUT2D eigenvalue weighted by molar-refractivity contribution is -0.220. The minimum absolute atomic E-state index is 0.00804. The van der Waals surface area contributed by atoms with E-state index in [0.717, 1.165) is 38.4 Å². The van der Waals surface area contributed by atoms with E-state index in [-0.39, 0.29) is 31.8 Å². The van der Waals surface area contributed by atoms with Crippen LogP contribution in [0.2, 0.25) is 0 Å². The van der Waals surface area contributed by atoms with E-state index in [1.807, 2.05) is 11.6 Å². The summed E-state index contributed by atoms with van der Waals surface area (Å²) in [5.74, 6) is -0.406. The molecule has 5 rings (SSSR count). The third kappa shape index (κ3) is 6.36. The summed E-state index contributed by atoms with van der Waals surface area (Å²) in [5.41, 5.74) is -4.39. The summed E-state index contributed by atoms with van der Waals surface area (Å²) >= 11 is 0. The molecule has 0 aromatic rings. The van der Waals surface area contributed by atoms with Crippen molar-refractivity contribution in [2.45, 2.75) is 117 Å². The Morgan fingerprint density at radius 2 is 1.50 bits per heavy atom. The van der Waals surface area contributed by atoms with Crippen molar-refractivity contribution in [3.63, 3.8) is 0 Å². The molecule has 10 nitrogen and oxygen atoms in total. The lowest BCUT2D eigenvalue weighted by Gasteiger charge is -2.60. The van der Waals surface area contributed by atoms with Crippen molar-refractivity contribution in [3.8, 4) is 0 Å². The molecule has 5 aliphatic rings. The lowest BCUT2D eigenvalue weighted by atomic mass is 9.49. The van der Waals surface area contributed by atoms with Crippen LogP contribution < -0.4 is 4.72 Å². The highest BCUT2D eigenvalue weighted by Gasteiger charge is 2.60. The molecule has 4 saturated carbocycles. The van der Waals surface area contributed by atoms with Gasteiger partial charge in [0, 0.05) is 11.8 Å². The fourth-order valence-electron chi connectivity index (χ4n) is 8.72. The van der Waals surface area contributed by atoms with Crippen LogP contribution in [0.4, 0.5) is 0 Å². The topological polar surface area (TPSA) is 142 Å². The van der Waals surface area contributed by atoms with E-state index in [1.165, 1.54) is 6.42 Å². The Labute approximate surface area is 250 Å². The summed E-state index contributed by atoms with van der Waals surface area (Å²) in [6.45, 7) is 10.6. The average Bonchev–Trinajstić information content (AvgIpc) is 3.28. The van der Waals surface area contributed by atoms with Gasteiger partial charge in [0.2, 0.25) is 22.0 Å². The van der Waals surface area contributed by atoms with E-state index in [9.17, 15) is 27.6 Å². The minimum atomic E-state index is -3.85. The second kappa shape index (κ2) is 11.4. The van der Waals surface area contributed by atoms with E-state index in [2.05, 4.69) is 6.92 Å². The summed E-state index contributed by atoms with van der Waals surface area (Å²) in [7, 11) is -3.85. The Hall–Kier alpha value is -2.17. The van der Waals surface area contributed by atoms with Gasteiger partial charge >= 0.3 is 17.9 Å². The molecule has 238 valence electrons. The number of cyclic esters (lactones) is 1. The summed E-state index contributed by atoms with van der Waals surface area (Å²) < 4.78 is 42.9. The smallest absolute Gasteiger partial charge is 0.347 e. The van der Waals surface area contributed by atoms with Crippen LogP contribution in [0.25, 0.3) is 0 Å². The molecule has 1 amide bonds. The fourth-order valence-corrected chi connectivity index (χ4v) is 9.33. The Morgan fingerprint density at radius 1 is 0.929 bits per heavy atom. The Morgan fingerprint density at radius 3 is 1.95 bits per heavy atom. The number of sulfonamides is 1. The Balaban J connectivity index is 1.62. The van der Waals surface area contributed by atoms with Crippen LogP contribution >= 0.6 is 0 Å². The molecule has 3 unspecified atom stereocenters. The zero-order valence-electron chi connectivity index (χ0n) is 26.2. The third-order valence-corrected chi connectivity index (χ3v) is 11.3. The second-order valence-corrected chi connectivity index (χ2v) is 16.5. The number of rotatable bonds is 12. The van der Waals surface area contributed by atoms with E-state index in [4.69, 9.17) is 14.2 Å². The van der Waals surface area contributed by atoms with Crippen molar-refractivity contribution in [2.75, 3.05) is 12.9 Å². The Kier molecular flexibility index (Phi) is 8.88. The number of carbonyl (C=O) groups excluding carboxylic acids is 4. The number of ether oxygens (including phenoxy) is 3. The van der Waals surface area contributed by atoms with Gasteiger partial charge in [0.05, 0.1) is 23.7 Å². The van der Waals surface area contributed by atoms with E-state index in [0.29, 0.717) is 30.1 Å². The van der Waals surface area contributed by atoms with Crippen molar-refractivity contribution in [1.82, 2.24) is 4.72 Å². The maximum absolute atomic E-state index is 14.2. The van der Waals surface area contributed by atoms with Crippen LogP contribution in [-0.2, 0) is 43.4 Å². The van der Waals surface area contributed by atoms with Gasteiger partial charge in [0.15, 0.2) is 0 Å². The third-order valence-electron chi connectivity index (χ3n) is 10.8. The largest absolute Gasteiger partial charge is 0.463 e. The number of esters is 3. The molecule has 11 heteroatoms. The number of amides is 1. The second-order valence-electron chi connectivity index (χ2n) is 14.8. The first-order valence-corrected chi connectivity index (χ1v) is 17.4. The van der Waals surface area contributed by atoms with Crippen molar-refractivity contribution in [2.24, 2.45) is 39.9 Å². The normalized spacial score (nSPS) is 33.3. The predicted molar refractivity (Wildman–Crippen MR) is 154 cm³/mol. The van der Waals surface area contributed by atoms with E-state index < -0.39 is 55.8 Å². The number of hydrogen-bond acceptors (Lipinski definition) is 9. The highest BCUT2D eigenvalue weighted by molar-refractivity contribution is 7.89. The van der Waals surface area contributed by atoms with Crippen LogP contribution in [0, 0.1) is 39.9 Å². The van der Waals surface area contributed by atoms with Gasteiger partial charge in [-0.1, -0.05) is 27.7 Å². The van der Waals surface area contributed by atoms with Gasteiger partial charge in [-0.2, -0.15) is 0 Å². The quantitative estimate of drug-likeness (QED) is 0.252. The van der Waals surface area contributed by atoms with Gasteiger partial charge in [-0.3, -0.25) is 19.1 Å². The van der Waals surface area contributed by atoms with Gasteiger partial charge in [-0.15, -0.1) is 0 Å². The number of nitrogens with one attached hydrogen (secondary N) is 1. The molecule has 42 heavy (non-hydrogen) atoms. The Bertz CT molecular complexity index is 1180. The summed E-state index contributed by atoms with van der Waals surface area (Å²) in [4.78, 5) is 53.2. The maximum Gasteiger partial charge on any atom is 0.347 e. The molecule has 0 aromatic carbocycles. The summed E-state index contributed by atoms with van der Waals surface area (Å²) in [5, 5.41) is 0. The lowest BCUT2D eigenvalue weighted by Crippen LogP contribution is -2.60. The standard InChI is InChI=1S/C31H49NO9S/c1-8-29(5,27(36)41-31(9-2)21-13-19-12-20(15-21)16-22(31)14-19)18-30(6,26(35)40-23-10-11-39-24(23)33)17-28(3,4)25(34)32-42(7,37)38/h19-23H,8-18H2,1-7H3,(H,32,34). The molecule has 1 heterocycles. The average molecular weight is 612 g/mol. The summed E-state index contributed by atoms with van der Waals surface area (Å²) in [6, 6.07) is 0. The van der Waals surface area contributed by atoms with Gasteiger partial charge < -0.3 is 14.2 Å². The van der Waals surface area contributed by atoms with Crippen molar-refractivity contribution in [3.05, 3.63) is 0 Å². The van der Waals surface area contributed by atoms with Gasteiger partial charge in [0.25, 0.3) is 0 Å². The van der Waals surface area contributed by atoms with Crippen LogP contribution in [0.15, 0.2) is 0 Å². The van der Waals surface area contributed by atoms with Crippen LogP contribution in [0.5, 0.6) is 0 Å². The molecule has 1 saturated heterocycles. The van der Waals surface area contributed by atoms with E-state index >= 15 is 0 Å². The molecule has 3 atom stereocenters. The zero-order valence-corrected chi connectivity index (χ0v) is 27.1. The molecule has 4 bridgehead atoms. The SMILES string of the molecule is CCC(C)(CC(C)(CC(C)(C)C(=O)NS(C)(=O)=O)C(=O)OC1CCOC1=O)C(=O)OC1(CC)C2CC3CC(C2)CC1C3. The molecule has 1 N–H and O–H groups in total. The molecular formula is C31H49NO9S. The minimum Gasteiger partial charge on any atom is -0.463 e. The number of hydrogen-bond donors (Lipinski definition) is 1.